The van der Waals surface area contributed by atoms with E-state index in [1.807, 2.05) is 19.1 Å². The van der Waals surface area contributed by atoms with Crippen LogP contribution in [0.1, 0.15) is 32.8 Å². The summed E-state index contributed by atoms with van der Waals surface area (Å²) in [5.74, 6) is 1.46. The number of ether oxygens (including phenoxy) is 2. The second kappa shape index (κ2) is 8.49. The molecule has 0 aliphatic carbocycles. The van der Waals surface area contributed by atoms with Crippen LogP contribution in [0.2, 0.25) is 0 Å². The normalized spacial score (nSPS) is 13.9. The summed E-state index contributed by atoms with van der Waals surface area (Å²) < 4.78 is 11.8. The van der Waals surface area contributed by atoms with Gasteiger partial charge in [-0.1, -0.05) is 0 Å². The molecule has 0 saturated heterocycles. The Bertz CT molecular complexity index is 424. The zero-order valence-corrected chi connectivity index (χ0v) is 14.2. The SMILES string of the molecule is CCOc1c(Br)cc(CNC(C)CC(C)O)cc1OC. The van der Waals surface area contributed by atoms with Crippen LogP contribution >= 0.6 is 15.9 Å². The van der Waals surface area contributed by atoms with Crippen LogP contribution in [0.25, 0.3) is 0 Å². The molecule has 5 heteroatoms. The second-order valence-electron chi connectivity index (χ2n) is 4.91. The molecule has 0 aliphatic rings. The van der Waals surface area contributed by atoms with E-state index < -0.39 is 0 Å². The summed E-state index contributed by atoms with van der Waals surface area (Å²) in [7, 11) is 1.64. The number of methoxy groups -OCH3 is 1. The van der Waals surface area contributed by atoms with Crippen molar-refractivity contribution in [3.05, 3.63) is 22.2 Å². The number of rotatable bonds is 8. The van der Waals surface area contributed by atoms with E-state index in [1.165, 1.54) is 0 Å². The van der Waals surface area contributed by atoms with Crippen LogP contribution in [0.4, 0.5) is 0 Å². The predicted octanol–water partition coefficient (Wildman–Crippen LogP) is 3.11. The summed E-state index contributed by atoms with van der Waals surface area (Å²) in [6.45, 7) is 7.12. The molecule has 0 spiro atoms. The molecule has 0 fully saturated rings. The number of halogens is 1. The fourth-order valence-corrected chi connectivity index (χ4v) is 2.65. The molecule has 1 aromatic rings. The fourth-order valence-electron chi connectivity index (χ4n) is 2.05. The molecule has 0 radical (unpaired) electrons. The van der Waals surface area contributed by atoms with E-state index in [0.717, 1.165) is 34.5 Å². The topological polar surface area (TPSA) is 50.7 Å². The van der Waals surface area contributed by atoms with Crippen molar-refractivity contribution in [3.63, 3.8) is 0 Å². The Morgan fingerprint density at radius 3 is 2.60 bits per heavy atom. The minimum atomic E-state index is -0.292. The minimum absolute atomic E-state index is 0.256. The van der Waals surface area contributed by atoms with Gasteiger partial charge in [0.1, 0.15) is 0 Å². The summed E-state index contributed by atoms with van der Waals surface area (Å²) in [6.07, 6.45) is 0.439. The first-order valence-corrected chi connectivity index (χ1v) is 7.67. The lowest BCUT2D eigenvalue weighted by molar-refractivity contribution is 0.170. The van der Waals surface area contributed by atoms with Crippen LogP contribution in [0.3, 0.4) is 0 Å². The molecule has 2 N–H and O–H groups in total. The number of nitrogens with one attached hydrogen (secondary N) is 1. The molecule has 0 aliphatic heterocycles. The molecule has 0 bridgehead atoms. The van der Waals surface area contributed by atoms with Gasteiger partial charge in [-0.2, -0.15) is 0 Å². The monoisotopic (exact) mass is 345 g/mol. The molecule has 1 rings (SSSR count). The van der Waals surface area contributed by atoms with E-state index in [2.05, 4.69) is 28.2 Å². The van der Waals surface area contributed by atoms with Gasteiger partial charge in [-0.05, 0) is 60.8 Å². The van der Waals surface area contributed by atoms with Crippen LogP contribution in [0.5, 0.6) is 11.5 Å². The van der Waals surface area contributed by atoms with Crippen molar-refractivity contribution in [2.24, 2.45) is 0 Å². The Morgan fingerprint density at radius 2 is 2.05 bits per heavy atom. The summed E-state index contributed by atoms with van der Waals surface area (Å²) >= 11 is 3.51. The molecule has 0 amide bonds. The Kier molecular flexibility index (Phi) is 7.34. The van der Waals surface area contributed by atoms with Gasteiger partial charge in [-0.25, -0.2) is 0 Å². The van der Waals surface area contributed by atoms with Crippen molar-refractivity contribution >= 4 is 15.9 Å². The zero-order chi connectivity index (χ0) is 15.1. The molecule has 0 heterocycles. The Labute approximate surface area is 129 Å². The Morgan fingerprint density at radius 1 is 1.35 bits per heavy atom. The number of hydrogen-bond acceptors (Lipinski definition) is 4. The third kappa shape index (κ3) is 5.31. The molecule has 2 atom stereocenters. The standard InChI is InChI=1S/C15H24BrNO3/c1-5-20-15-13(16)7-12(8-14(15)19-4)9-17-10(2)6-11(3)18/h7-8,10-11,17-18H,5-6,9H2,1-4H3. The summed E-state index contributed by atoms with van der Waals surface area (Å²) in [4.78, 5) is 0. The van der Waals surface area contributed by atoms with Gasteiger partial charge < -0.3 is 19.9 Å². The van der Waals surface area contributed by atoms with Gasteiger partial charge in [0.15, 0.2) is 11.5 Å². The van der Waals surface area contributed by atoms with E-state index in [4.69, 9.17) is 9.47 Å². The smallest absolute Gasteiger partial charge is 0.175 e. The van der Waals surface area contributed by atoms with Gasteiger partial charge in [0, 0.05) is 12.6 Å². The lowest BCUT2D eigenvalue weighted by Crippen LogP contribution is -2.28. The molecule has 0 aromatic heterocycles. The molecular formula is C15H24BrNO3. The first-order chi connectivity index (χ1) is 9.47. The van der Waals surface area contributed by atoms with Gasteiger partial charge in [0.25, 0.3) is 0 Å². The first kappa shape index (κ1) is 17.3. The zero-order valence-electron chi connectivity index (χ0n) is 12.6. The van der Waals surface area contributed by atoms with E-state index >= 15 is 0 Å². The highest BCUT2D eigenvalue weighted by atomic mass is 79.9. The lowest BCUT2D eigenvalue weighted by Gasteiger charge is -2.17. The van der Waals surface area contributed by atoms with Crippen molar-refractivity contribution in [1.29, 1.82) is 0 Å². The summed E-state index contributed by atoms with van der Waals surface area (Å²) in [5, 5.41) is 12.7. The van der Waals surface area contributed by atoms with Crippen molar-refractivity contribution in [2.45, 2.75) is 45.9 Å². The van der Waals surface area contributed by atoms with Gasteiger partial charge in [-0.3, -0.25) is 0 Å². The molecular weight excluding hydrogens is 322 g/mol. The van der Waals surface area contributed by atoms with E-state index in [0.29, 0.717) is 6.61 Å². The maximum absolute atomic E-state index is 9.36. The third-order valence-electron chi connectivity index (χ3n) is 2.93. The van der Waals surface area contributed by atoms with Crippen molar-refractivity contribution in [3.8, 4) is 11.5 Å². The van der Waals surface area contributed by atoms with Gasteiger partial charge in [-0.15, -0.1) is 0 Å². The highest BCUT2D eigenvalue weighted by Gasteiger charge is 2.12. The number of aliphatic hydroxyl groups is 1. The van der Waals surface area contributed by atoms with Crippen LogP contribution in [0, 0.1) is 0 Å². The fraction of sp³-hybridized carbons (Fsp3) is 0.600. The van der Waals surface area contributed by atoms with Gasteiger partial charge >= 0.3 is 0 Å². The van der Waals surface area contributed by atoms with Crippen molar-refractivity contribution in [1.82, 2.24) is 5.32 Å². The average Bonchev–Trinajstić information content (AvgIpc) is 2.38. The average molecular weight is 346 g/mol. The maximum atomic E-state index is 9.36. The maximum Gasteiger partial charge on any atom is 0.175 e. The van der Waals surface area contributed by atoms with Gasteiger partial charge in [0.05, 0.1) is 24.3 Å². The predicted molar refractivity (Wildman–Crippen MR) is 84.5 cm³/mol. The van der Waals surface area contributed by atoms with Crippen LogP contribution in [0.15, 0.2) is 16.6 Å². The van der Waals surface area contributed by atoms with Crippen LogP contribution in [-0.4, -0.2) is 31.0 Å². The molecule has 4 nitrogen and oxygen atoms in total. The molecule has 20 heavy (non-hydrogen) atoms. The number of benzene rings is 1. The largest absolute Gasteiger partial charge is 0.493 e. The third-order valence-corrected chi connectivity index (χ3v) is 3.52. The van der Waals surface area contributed by atoms with E-state index in [-0.39, 0.29) is 12.1 Å². The second-order valence-corrected chi connectivity index (χ2v) is 5.76. The first-order valence-electron chi connectivity index (χ1n) is 6.88. The number of hydrogen-bond donors (Lipinski definition) is 2. The van der Waals surface area contributed by atoms with Crippen LogP contribution < -0.4 is 14.8 Å². The van der Waals surface area contributed by atoms with Crippen molar-refractivity contribution in [2.75, 3.05) is 13.7 Å². The highest BCUT2D eigenvalue weighted by molar-refractivity contribution is 9.10. The lowest BCUT2D eigenvalue weighted by atomic mass is 10.1. The molecule has 114 valence electrons. The number of aliphatic hydroxyl groups excluding tert-OH is 1. The van der Waals surface area contributed by atoms with Crippen molar-refractivity contribution < 1.29 is 14.6 Å². The Balaban J connectivity index is 2.74. The molecule has 2 unspecified atom stereocenters. The summed E-state index contributed by atoms with van der Waals surface area (Å²) in [6, 6.07) is 4.25. The quantitative estimate of drug-likeness (QED) is 0.760. The highest BCUT2D eigenvalue weighted by Crippen LogP contribution is 2.36. The van der Waals surface area contributed by atoms with E-state index in [1.54, 1.807) is 14.0 Å². The van der Waals surface area contributed by atoms with Gasteiger partial charge in [0.2, 0.25) is 0 Å². The molecule has 0 saturated carbocycles. The van der Waals surface area contributed by atoms with E-state index in [9.17, 15) is 5.11 Å². The van der Waals surface area contributed by atoms with Crippen LogP contribution in [-0.2, 0) is 6.54 Å². The molecule has 1 aromatic carbocycles. The minimum Gasteiger partial charge on any atom is -0.493 e. The summed E-state index contributed by atoms with van der Waals surface area (Å²) in [5.41, 5.74) is 1.11. The Hall–Kier alpha value is -0.780.